The molecular weight excluding hydrogens is 669 g/mol. The van der Waals surface area contributed by atoms with Crippen molar-refractivity contribution in [3.8, 4) is 11.3 Å². The summed E-state index contributed by atoms with van der Waals surface area (Å²) >= 11 is 0. The first-order chi connectivity index (χ1) is 25.8. The molecule has 3 aromatic carbocycles. The Hall–Kier alpha value is -5.63. The summed E-state index contributed by atoms with van der Waals surface area (Å²) in [4.78, 5) is 45.4. The molecule has 0 bridgehead atoms. The van der Waals surface area contributed by atoms with Crippen LogP contribution in [0.5, 0.6) is 0 Å². The number of rotatable bonds is 12. The van der Waals surface area contributed by atoms with Crippen molar-refractivity contribution >= 4 is 51.4 Å². The number of benzene rings is 3. The average Bonchev–Trinajstić information content (AvgIpc) is 3.60. The van der Waals surface area contributed by atoms with Gasteiger partial charge in [-0.25, -0.2) is 4.98 Å². The van der Waals surface area contributed by atoms with Crippen molar-refractivity contribution in [3.05, 3.63) is 96.2 Å². The van der Waals surface area contributed by atoms with Gasteiger partial charge in [-0.1, -0.05) is 30.3 Å². The Balaban J connectivity index is 1.20. The molecule has 0 spiro atoms. The van der Waals surface area contributed by atoms with E-state index in [9.17, 15) is 9.59 Å². The zero-order valence-electron chi connectivity index (χ0n) is 30.5. The maximum atomic E-state index is 13.9. The van der Waals surface area contributed by atoms with Crippen molar-refractivity contribution in [1.29, 1.82) is 0 Å². The number of carbonyl (C=O) groups is 2. The number of hydrogen-bond donors (Lipinski definition) is 3. The fraction of sp³-hybridized carbons (Fsp3) is 0.325. The van der Waals surface area contributed by atoms with Crippen LogP contribution in [0.2, 0.25) is 0 Å². The van der Waals surface area contributed by atoms with Crippen LogP contribution in [0.3, 0.4) is 0 Å². The first-order valence-electron chi connectivity index (χ1n) is 18.0. The molecule has 2 aromatic heterocycles. The lowest BCUT2D eigenvalue weighted by Gasteiger charge is -2.34. The van der Waals surface area contributed by atoms with Gasteiger partial charge in [0.05, 0.1) is 24.3 Å². The van der Waals surface area contributed by atoms with Gasteiger partial charge in [0.1, 0.15) is 5.69 Å². The molecule has 13 heteroatoms. The fourth-order valence-electron chi connectivity index (χ4n) is 6.58. The maximum Gasteiger partial charge on any atom is 0.274 e. The van der Waals surface area contributed by atoms with Gasteiger partial charge in [0.2, 0.25) is 5.95 Å². The van der Waals surface area contributed by atoms with Crippen molar-refractivity contribution in [3.63, 3.8) is 0 Å². The highest BCUT2D eigenvalue weighted by Gasteiger charge is 2.23. The predicted molar refractivity (Wildman–Crippen MR) is 210 cm³/mol. The summed E-state index contributed by atoms with van der Waals surface area (Å²) in [6.07, 6.45) is 3.72. The highest BCUT2D eigenvalue weighted by atomic mass is 16.5. The monoisotopic (exact) mass is 714 g/mol. The summed E-state index contributed by atoms with van der Waals surface area (Å²) in [5.41, 5.74) is 6.36. The Bertz CT molecular complexity index is 2080. The van der Waals surface area contributed by atoms with Crippen molar-refractivity contribution in [2.75, 3.05) is 101 Å². The summed E-state index contributed by atoms with van der Waals surface area (Å²) in [7, 11) is 6.06. The highest BCUT2D eigenvalue weighted by molar-refractivity contribution is 6.14. The number of likely N-dealkylation sites (N-methyl/N-ethyl adjacent to an activating group) is 2. The minimum absolute atomic E-state index is 0.00226. The number of aromatic amines is 1. The molecule has 0 atom stereocenters. The zero-order valence-corrected chi connectivity index (χ0v) is 30.5. The van der Waals surface area contributed by atoms with Crippen molar-refractivity contribution in [2.24, 2.45) is 0 Å². The minimum Gasteiger partial charge on any atom is -0.378 e. The number of morpholine rings is 1. The molecule has 13 nitrogen and oxygen atoms in total. The molecule has 274 valence electrons. The third-order valence-electron chi connectivity index (χ3n) is 9.47. The van der Waals surface area contributed by atoms with Crippen LogP contribution in [0.1, 0.15) is 16.1 Å². The average molecular weight is 715 g/mol. The van der Waals surface area contributed by atoms with Gasteiger partial charge in [0, 0.05) is 80.5 Å². The number of hydrogen-bond acceptors (Lipinski definition) is 11. The predicted octanol–water partition coefficient (Wildman–Crippen LogP) is 4.83. The Morgan fingerprint density at radius 2 is 1.62 bits per heavy atom. The second-order valence-electron chi connectivity index (χ2n) is 13.8. The molecule has 0 aliphatic carbocycles. The normalized spacial score (nSPS) is 15.4. The van der Waals surface area contributed by atoms with E-state index >= 15 is 0 Å². The Morgan fingerprint density at radius 1 is 0.868 bits per heavy atom. The van der Waals surface area contributed by atoms with Gasteiger partial charge < -0.3 is 35.0 Å². The van der Waals surface area contributed by atoms with Gasteiger partial charge in [-0.15, -0.1) is 0 Å². The Kier molecular flexibility index (Phi) is 11.0. The number of allylic oxidation sites excluding steroid dienone is 1. The van der Waals surface area contributed by atoms with Crippen LogP contribution in [0, 0.1) is 0 Å². The Labute approximate surface area is 309 Å². The molecule has 1 amide bonds. The molecule has 2 aliphatic rings. The molecule has 0 radical (unpaired) electrons. The molecule has 0 unspecified atom stereocenters. The van der Waals surface area contributed by atoms with E-state index in [0.717, 1.165) is 67.5 Å². The van der Waals surface area contributed by atoms with E-state index in [4.69, 9.17) is 14.7 Å². The number of fused-ring (bicyclic) bond motifs is 1. The van der Waals surface area contributed by atoms with Crippen LogP contribution < -0.4 is 20.4 Å². The molecule has 4 heterocycles. The van der Waals surface area contributed by atoms with Crippen LogP contribution in [0.4, 0.5) is 28.7 Å². The molecule has 2 aliphatic heterocycles. The van der Waals surface area contributed by atoms with Crippen LogP contribution >= 0.6 is 0 Å². The number of nitrogens with zero attached hydrogens (tertiary/aromatic N) is 7. The van der Waals surface area contributed by atoms with Crippen molar-refractivity contribution < 1.29 is 14.3 Å². The molecular formula is C40H46N10O3. The molecule has 2 fully saturated rings. The van der Waals surface area contributed by atoms with Gasteiger partial charge in [-0.2, -0.15) is 10.1 Å². The zero-order chi connectivity index (χ0) is 36.7. The highest BCUT2D eigenvalue weighted by Crippen LogP contribution is 2.32. The summed E-state index contributed by atoms with van der Waals surface area (Å²) in [6.45, 7) is 7.65. The van der Waals surface area contributed by atoms with E-state index in [2.05, 4.69) is 54.7 Å². The first-order valence-corrected chi connectivity index (χ1v) is 18.0. The third kappa shape index (κ3) is 8.88. The van der Waals surface area contributed by atoms with E-state index in [1.54, 1.807) is 6.08 Å². The van der Waals surface area contributed by atoms with Crippen LogP contribution in [-0.4, -0.2) is 122 Å². The molecule has 7 rings (SSSR count). The van der Waals surface area contributed by atoms with E-state index in [-0.39, 0.29) is 23.8 Å². The van der Waals surface area contributed by atoms with E-state index < -0.39 is 0 Å². The van der Waals surface area contributed by atoms with Gasteiger partial charge >= 0.3 is 0 Å². The number of H-pyrrole nitrogens is 1. The van der Waals surface area contributed by atoms with Crippen LogP contribution in [0.25, 0.3) is 22.3 Å². The second kappa shape index (κ2) is 16.4. The van der Waals surface area contributed by atoms with Gasteiger partial charge in [0.25, 0.3) is 5.91 Å². The van der Waals surface area contributed by atoms with Crippen LogP contribution in [0.15, 0.2) is 84.9 Å². The number of amides is 1. The lowest BCUT2D eigenvalue weighted by atomic mass is 10.0. The minimum atomic E-state index is -0.366. The first kappa shape index (κ1) is 35.8. The molecule has 3 N–H and O–H groups in total. The van der Waals surface area contributed by atoms with Crippen LogP contribution in [-0.2, 0) is 16.0 Å². The smallest absolute Gasteiger partial charge is 0.274 e. The molecule has 53 heavy (non-hydrogen) atoms. The quantitative estimate of drug-likeness (QED) is 0.153. The Morgan fingerprint density at radius 3 is 2.40 bits per heavy atom. The maximum absolute atomic E-state index is 13.9. The van der Waals surface area contributed by atoms with Crippen molar-refractivity contribution in [1.82, 2.24) is 30.0 Å². The molecule has 5 aromatic rings. The fourth-order valence-corrected chi connectivity index (χ4v) is 6.58. The lowest BCUT2D eigenvalue weighted by Crippen LogP contribution is -2.44. The number of carbonyl (C=O) groups excluding carboxylic acids is 2. The summed E-state index contributed by atoms with van der Waals surface area (Å²) in [5.74, 6) is -0.0230. The summed E-state index contributed by atoms with van der Waals surface area (Å²) in [6, 6.07) is 23.7. The molecule has 0 saturated carbocycles. The van der Waals surface area contributed by atoms with Gasteiger partial charge in [-0.3, -0.25) is 14.7 Å². The number of aromatic nitrogens is 4. The van der Waals surface area contributed by atoms with E-state index in [1.165, 1.54) is 0 Å². The summed E-state index contributed by atoms with van der Waals surface area (Å²) in [5, 5.41) is 14.3. The van der Waals surface area contributed by atoms with Gasteiger partial charge in [-0.05, 0) is 81.3 Å². The third-order valence-corrected chi connectivity index (χ3v) is 9.47. The lowest BCUT2D eigenvalue weighted by molar-refractivity contribution is -0.114. The number of ether oxygens (including phenoxy) is 1. The number of anilines is 5. The SMILES string of the molecule is CN(C)C/C=C/C(=O)Cc1cccc(-c2nc(Nc3cccc(N4CCN(C)CC4)c3)nc3n[nH]c(C(=O)Nc4ccc(N5CCOCC5)cc4)c23)c1. The molecule has 2 saturated heterocycles. The second-order valence-corrected chi connectivity index (χ2v) is 13.8. The largest absolute Gasteiger partial charge is 0.378 e. The number of piperazine rings is 1. The van der Waals surface area contributed by atoms with E-state index in [0.29, 0.717) is 48.1 Å². The number of ketones is 1. The standard InChI is InChI=1S/C40H46N10O3/c1-47(2)16-6-11-34(51)26-28-7-4-8-29(25-28)36-35-37(39(52)41-30-12-14-32(15-13-30)50-21-23-53-24-22-50)45-46-38(35)44-40(43-36)42-31-9-5-10-33(27-31)49-19-17-48(3)18-20-49/h4-15,25,27H,16-24,26H2,1-3H3,(H,41,52)(H2,42,43,44,45,46)/b11-6+. The van der Waals surface area contributed by atoms with Gasteiger partial charge in [0.15, 0.2) is 11.4 Å². The van der Waals surface area contributed by atoms with Crippen molar-refractivity contribution in [2.45, 2.75) is 6.42 Å². The summed E-state index contributed by atoms with van der Waals surface area (Å²) < 4.78 is 5.48. The topological polar surface area (TPSA) is 135 Å². The van der Waals surface area contributed by atoms with E-state index in [1.807, 2.05) is 85.7 Å². The number of nitrogens with one attached hydrogen (secondary N) is 3.